The van der Waals surface area contributed by atoms with Crippen molar-refractivity contribution in [1.82, 2.24) is 9.29 Å². The number of carbonyl (C=O) groups excluding carboxylic acids is 2. The van der Waals surface area contributed by atoms with E-state index in [9.17, 15) is 18.0 Å². The van der Waals surface area contributed by atoms with E-state index in [0.29, 0.717) is 35.4 Å². The summed E-state index contributed by atoms with van der Waals surface area (Å²) in [5.74, 6) is -1.41. The Morgan fingerprint density at radius 2 is 1.71 bits per heavy atom. The molecule has 1 N–H and O–H groups in total. The number of halogens is 3. The van der Waals surface area contributed by atoms with Crippen LogP contribution in [0.4, 0.5) is 5.69 Å². The minimum atomic E-state index is -3.75. The monoisotopic (exact) mass is 633 g/mol. The molecule has 3 aromatic carbocycles. The minimum Gasteiger partial charge on any atom is -0.452 e. The number of amides is 1. The van der Waals surface area contributed by atoms with Gasteiger partial charge < -0.3 is 14.8 Å². The molecule has 0 radical (unpaired) electrons. The quantitative estimate of drug-likeness (QED) is 0.206. The highest BCUT2D eigenvalue weighted by molar-refractivity contribution is 7.89. The highest BCUT2D eigenvalue weighted by Gasteiger charge is 2.26. The van der Waals surface area contributed by atoms with Crippen molar-refractivity contribution in [2.24, 2.45) is 0 Å². The number of para-hydroxylation sites is 1. The molecule has 41 heavy (non-hydrogen) atoms. The number of morpholine rings is 1. The van der Waals surface area contributed by atoms with E-state index in [1.165, 1.54) is 28.6 Å². The number of hydrogen-bond donors (Lipinski definition) is 1. The van der Waals surface area contributed by atoms with Crippen LogP contribution in [0.25, 0.3) is 22.2 Å². The SMILES string of the molecule is O=C(COC(=O)c1cc(-c2ccc(Cl)c(Cl)c2Cl)nc2ccccc12)Nc1cccc(S(=O)(=O)N2CCOCC2)c1. The van der Waals surface area contributed by atoms with Crippen LogP contribution in [0, 0.1) is 0 Å². The fourth-order valence-electron chi connectivity index (χ4n) is 4.28. The molecule has 1 saturated heterocycles. The van der Waals surface area contributed by atoms with Gasteiger partial charge in [0.1, 0.15) is 0 Å². The molecule has 212 valence electrons. The first-order valence-corrected chi connectivity index (χ1v) is 14.9. The fourth-order valence-corrected chi connectivity index (χ4v) is 6.37. The predicted octanol–water partition coefficient (Wildman–Crippen LogP) is 5.68. The predicted molar refractivity (Wildman–Crippen MR) is 157 cm³/mol. The third-order valence-electron chi connectivity index (χ3n) is 6.31. The Balaban J connectivity index is 1.33. The smallest absolute Gasteiger partial charge is 0.339 e. The summed E-state index contributed by atoms with van der Waals surface area (Å²) in [5.41, 5.74) is 1.74. The number of benzene rings is 3. The first-order valence-electron chi connectivity index (χ1n) is 12.3. The molecule has 5 rings (SSSR count). The lowest BCUT2D eigenvalue weighted by Crippen LogP contribution is -2.40. The van der Waals surface area contributed by atoms with Crippen LogP contribution in [0.15, 0.2) is 71.6 Å². The van der Waals surface area contributed by atoms with Crippen LogP contribution in [-0.4, -0.2) is 62.5 Å². The molecule has 2 heterocycles. The summed E-state index contributed by atoms with van der Waals surface area (Å²) in [4.78, 5) is 30.4. The van der Waals surface area contributed by atoms with Gasteiger partial charge in [0.25, 0.3) is 5.91 Å². The number of nitrogens with zero attached hydrogens (tertiary/aromatic N) is 2. The first kappa shape index (κ1) is 29.2. The Morgan fingerprint density at radius 3 is 2.49 bits per heavy atom. The third-order valence-corrected chi connectivity index (χ3v) is 9.50. The van der Waals surface area contributed by atoms with Crippen molar-refractivity contribution >= 4 is 73.3 Å². The number of pyridine rings is 1. The summed E-state index contributed by atoms with van der Waals surface area (Å²) >= 11 is 18.7. The number of sulfonamides is 1. The molecule has 1 fully saturated rings. The second-order valence-corrected chi connectivity index (χ2v) is 12.1. The molecule has 1 aliphatic rings. The van der Waals surface area contributed by atoms with Crippen molar-refractivity contribution in [2.45, 2.75) is 4.90 Å². The van der Waals surface area contributed by atoms with Crippen LogP contribution in [0.1, 0.15) is 10.4 Å². The molecule has 1 aliphatic heterocycles. The zero-order valence-electron chi connectivity index (χ0n) is 21.3. The third kappa shape index (κ3) is 6.33. The minimum absolute atomic E-state index is 0.0333. The largest absolute Gasteiger partial charge is 0.452 e. The number of nitrogens with one attached hydrogen (secondary N) is 1. The lowest BCUT2D eigenvalue weighted by molar-refractivity contribution is -0.119. The van der Waals surface area contributed by atoms with E-state index in [0.717, 1.165) is 0 Å². The van der Waals surface area contributed by atoms with E-state index in [2.05, 4.69) is 10.3 Å². The molecular weight excluding hydrogens is 613 g/mol. The lowest BCUT2D eigenvalue weighted by Gasteiger charge is -2.26. The number of aromatic nitrogens is 1. The molecule has 1 aromatic heterocycles. The number of carbonyl (C=O) groups is 2. The van der Waals surface area contributed by atoms with Gasteiger partial charge in [-0.1, -0.05) is 59.1 Å². The first-order chi connectivity index (χ1) is 19.6. The molecule has 9 nitrogen and oxygen atoms in total. The van der Waals surface area contributed by atoms with Crippen LogP contribution in [-0.2, 0) is 24.3 Å². The summed E-state index contributed by atoms with van der Waals surface area (Å²) < 4.78 is 37.8. The van der Waals surface area contributed by atoms with Gasteiger partial charge in [-0.2, -0.15) is 4.31 Å². The Labute approximate surface area is 251 Å². The highest BCUT2D eigenvalue weighted by Crippen LogP contribution is 2.38. The molecule has 0 saturated carbocycles. The van der Waals surface area contributed by atoms with E-state index in [1.54, 1.807) is 42.5 Å². The average Bonchev–Trinajstić information content (AvgIpc) is 2.99. The lowest BCUT2D eigenvalue weighted by atomic mass is 10.0. The van der Waals surface area contributed by atoms with Crippen molar-refractivity contribution in [2.75, 3.05) is 38.2 Å². The number of anilines is 1. The Hall–Kier alpha value is -3.25. The Bertz CT molecular complexity index is 1760. The fraction of sp³-hybridized carbons (Fsp3) is 0.179. The topological polar surface area (TPSA) is 115 Å². The zero-order valence-corrected chi connectivity index (χ0v) is 24.4. The molecule has 4 aromatic rings. The van der Waals surface area contributed by atoms with Gasteiger partial charge in [-0.05, 0) is 42.5 Å². The Morgan fingerprint density at radius 1 is 0.951 bits per heavy atom. The van der Waals surface area contributed by atoms with Gasteiger partial charge in [-0.3, -0.25) is 4.79 Å². The van der Waals surface area contributed by atoms with E-state index < -0.39 is 28.5 Å². The van der Waals surface area contributed by atoms with Gasteiger partial charge in [-0.25, -0.2) is 18.2 Å². The maximum atomic E-state index is 13.2. The maximum Gasteiger partial charge on any atom is 0.339 e. The summed E-state index contributed by atoms with van der Waals surface area (Å²) in [6, 6.07) is 17.5. The second kappa shape index (κ2) is 12.3. The van der Waals surface area contributed by atoms with Gasteiger partial charge in [-0.15, -0.1) is 0 Å². The number of fused-ring (bicyclic) bond motifs is 1. The number of esters is 1. The van der Waals surface area contributed by atoms with Crippen molar-refractivity contribution in [3.63, 3.8) is 0 Å². The van der Waals surface area contributed by atoms with Gasteiger partial charge in [0.05, 0.1) is 50.0 Å². The van der Waals surface area contributed by atoms with Crippen molar-refractivity contribution in [3.05, 3.63) is 87.4 Å². The van der Waals surface area contributed by atoms with Gasteiger partial charge in [0, 0.05) is 29.7 Å². The van der Waals surface area contributed by atoms with Gasteiger partial charge in [0.2, 0.25) is 10.0 Å². The van der Waals surface area contributed by atoms with Crippen LogP contribution in [0.3, 0.4) is 0 Å². The molecule has 0 spiro atoms. The summed E-state index contributed by atoms with van der Waals surface area (Å²) in [7, 11) is -3.75. The zero-order chi connectivity index (χ0) is 29.1. The summed E-state index contributed by atoms with van der Waals surface area (Å²) in [5, 5.41) is 3.70. The maximum absolute atomic E-state index is 13.2. The summed E-state index contributed by atoms with van der Waals surface area (Å²) in [6.07, 6.45) is 0. The molecule has 13 heteroatoms. The number of hydrogen-bond acceptors (Lipinski definition) is 7. The molecule has 0 bridgehead atoms. The Kier molecular flexibility index (Phi) is 8.79. The van der Waals surface area contributed by atoms with E-state index >= 15 is 0 Å². The van der Waals surface area contributed by atoms with Crippen LogP contribution in [0.5, 0.6) is 0 Å². The molecule has 0 unspecified atom stereocenters. The molecular formula is C28H22Cl3N3O6S. The van der Waals surface area contributed by atoms with Gasteiger partial charge >= 0.3 is 5.97 Å². The molecule has 1 amide bonds. The number of rotatable bonds is 7. The number of ether oxygens (including phenoxy) is 2. The molecule has 0 atom stereocenters. The molecule has 0 aliphatic carbocycles. The van der Waals surface area contributed by atoms with Crippen LogP contribution >= 0.6 is 34.8 Å². The highest BCUT2D eigenvalue weighted by atomic mass is 35.5. The van der Waals surface area contributed by atoms with E-state index in [1.807, 2.05) is 0 Å². The summed E-state index contributed by atoms with van der Waals surface area (Å²) in [6.45, 7) is 0.513. The van der Waals surface area contributed by atoms with E-state index in [4.69, 9.17) is 44.3 Å². The van der Waals surface area contributed by atoms with Crippen molar-refractivity contribution in [1.29, 1.82) is 0 Å². The standard InChI is InChI=1S/C28H22Cl3N3O6S/c29-22-9-8-20(26(30)27(22)31)24-15-21(19-6-1-2-7-23(19)33-24)28(36)40-16-25(35)32-17-4-3-5-18(14-17)41(37,38)34-10-12-39-13-11-34/h1-9,14-15H,10-13,16H2,(H,32,35). The van der Waals surface area contributed by atoms with Crippen molar-refractivity contribution < 1.29 is 27.5 Å². The van der Waals surface area contributed by atoms with Crippen molar-refractivity contribution in [3.8, 4) is 11.3 Å². The normalized spacial score (nSPS) is 14.1. The van der Waals surface area contributed by atoms with Crippen LogP contribution in [0.2, 0.25) is 15.1 Å². The van der Waals surface area contributed by atoms with E-state index in [-0.39, 0.29) is 44.3 Å². The average molecular weight is 635 g/mol. The van der Waals surface area contributed by atoms with Crippen LogP contribution < -0.4 is 5.32 Å². The second-order valence-electron chi connectivity index (χ2n) is 8.96. The van der Waals surface area contributed by atoms with Gasteiger partial charge in [0.15, 0.2) is 6.61 Å².